The number of fused-ring (bicyclic) bond motifs is 1. The summed E-state index contributed by atoms with van der Waals surface area (Å²) in [6, 6.07) is 5.61. The fraction of sp³-hybridized carbons (Fsp3) is 0.462. The van der Waals surface area contributed by atoms with Crippen LogP contribution in [0.25, 0.3) is 0 Å². The molecule has 0 fully saturated rings. The highest BCUT2D eigenvalue weighted by Crippen LogP contribution is 2.27. The van der Waals surface area contributed by atoms with Crippen molar-refractivity contribution in [2.24, 2.45) is 0 Å². The molecule has 0 aliphatic carbocycles. The Morgan fingerprint density at radius 1 is 1.42 bits per heavy atom. The predicted octanol–water partition coefficient (Wildman–Crippen LogP) is 1.84. The van der Waals surface area contributed by atoms with Gasteiger partial charge in [-0.1, -0.05) is 28.1 Å². The fourth-order valence-corrected chi connectivity index (χ4v) is 4.61. The number of sulfone groups is 1. The number of benzene rings is 1. The SMILES string of the molecule is CS(=O)(=O)CC(Br)c1ccc2c(c1)C(=O)NCCC2. The zero-order chi connectivity index (χ0) is 14.0. The van der Waals surface area contributed by atoms with E-state index in [2.05, 4.69) is 21.2 Å². The van der Waals surface area contributed by atoms with E-state index in [-0.39, 0.29) is 16.5 Å². The molecule has 1 amide bonds. The van der Waals surface area contributed by atoms with Crippen LogP contribution in [-0.2, 0) is 16.3 Å². The third-order valence-electron chi connectivity index (χ3n) is 3.10. The van der Waals surface area contributed by atoms with E-state index in [1.807, 2.05) is 12.1 Å². The molecule has 1 aliphatic heterocycles. The highest BCUT2D eigenvalue weighted by atomic mass is 79.9. The van der Waals surface area contributed by atoms with E-state index in [1.54, 1.807) is 6.07 Å². The molecule has 0 aromatic heterocycles. The summed E-state index contributed by atoms with van der Waals surface area (Å²) in [5.41, 5.74) is 2.51. The molecule has 0 saturated carbocycles. The molecule has 0 spiro atoms. The van der Waals surface area contributed by atoms with Gasteiger partial charge in [0.25, 0.3) is 5.91 Å². The van der Waals surface area contributed by atoms with Crippen molar-refractivity contribution in [2.75, 3.05) is 18.6 Å². The molecular weight excluding hydrogens is 330 g/mol. The number of rotatable bonds is 3. The number of hydrogen-bond acceptors (Lipinski definition) is 3. The van der Waals surface area contributed by atoms with Gasteiger partial charge in [0.05, 0.1) is 10.6 Å². The van der Waals surface area contributed by atoms with Crippen LogP contribution in [0.3, 0.4) is 0 Å². The summed E-state index contributed by atoms with van der Waals surface area (Å²) in [6.45, 7) is 0.684. The van der Waals surface area contributed by atoms with Crippen molar-refractivity contribution in [1.82, 2.24) is 5.32 Å². The second kappa shape index (κ2) is 5.63. The Labute approximate surface area is 121 Å². The van der Waals surface area contributed by atoms with Crippen molar-refractivity contribution in [3.05, 3.63) is 34.9 Å². The standard InChI is InChI=1S/C13H16BrNO3S/c1-19(17,18)8-12(14)10-5-4-9-3-2-6-15-13(16)11(9)7-10/h4-5,7,12H,2-3,6,8H2,1H3,(H,15,16). The van der Waals surface area contributed by atoms with Crippen LogP contribution in [0.1, 0.15) is 32.7 Å². The van der Waals surface area contributed by atoms with E-state index in [0.717, 1.165) is 24.0 Å². The van der Waals surface area contributed by atoms with Gasteiger partial charge in [-0.25, -0.2) is 8.42 Å². The number of nitrogens with one attached hydrogen (secondary N) is 1. The molecule has 104 valence electrons. The highest BCUT2D eigenvalue weighted by Gasteiger charge is 2.19. The Bertz CT molecular complexity index is 598. The maximum Gasteiger partial charge on any atom is 0.251 e. The minimum absolute atomic E-state index is 0.0212. The van der Waals surface area contributed by atoms with Crippen molar-refractivity contribution in [1.29, 1.82) is 0 Å². The van der Waals surface area contributed by atoms with Crippen molar-refractivity contribution < 1.29 is 13.2 Å². The van der Waals surface area contributed by atoms with Gasteiger partial charge in [-0.2, -0.15) is 0 Å². The maximum atomic E-state index is 11.9. The lowest BCUT2D eigenvalue weighted by molar-refractivity contribution is 0.0956. The average molecular weight is 346 g/mol. The topological polar surface area (TPSA) is 63.2 Å². The summed E-state index contributed by atoms with van der Waals surface area (Å²) in [4.78, 5) is 11.6. The van der Waals surface area contributed by atoms with Crippen LogP contribution in [0.4, 0.5) is 0 Å². The van der Waals surface area contributed by atoms with Crippen molar-refractivity contribution in [2.45, 2.75) is 17.7 Å². The molecule has 0 radical (unpaired) electrons. The molecule has 1 heterocycles. The summed E-state index contributed by atoms with van der Waals surface area (Å²) in [5, 5.41) is 2.84. The number of hydrogen-bond donors (Lipinski definition) is 1. The molecule has 6 heteroatoms. The largest absolute Gasteiger partial charge is 0.352 e. The lowest BCUT2D eigenvalue weighted by Crippen LogP contribution is -2.22. The molecule has 19 heavy (non-hydrogen) atoms. The van der Waals surface area contributed by atoms with Crippen molar-refractivity contribution >= 4 is 31.7 Å². The number of halogens is 1. The zero-order valence-corrected chi connectivity index (χ0v) is 13.1. The van der Waals surface area contributed by atoms with Crippen LogP contribution in [0.15, 0.2) is 18.2 Å². The molecule has 1 aliphatic rings. The molecule has 2 rings (SSSR count). The average Bonchev–Trinajstić information content (AvgIpc) is 2.49. The number of aryl methyl sites for hydroxylation is 1. The van der Waals surface area contributed by atoms with Crippen LogP contribution < -0.4 is 5.32 Å². The Morgan fingerprint density at radius 2 is 2.16 bits per heavy atom. The van der Waals surface area contributed by atoms with E-state index in [1.165, 1.54) is 6.26 Å². The van der Waals surface area contributed by atoms with Crippen LogP contribution >= 0.6 is 15.9 Å². The van der Waals surface area contributed by atoms with Gasteiger partial charge in [-0.15, -0.1) is 0 Å². The second-order valence-corrected chi connectivity index (χ2v) is 8.13. The smallest absolute Gasteiger partial charge is 0.251 e. The summed E-state index contributed by atoms with van der Waals surface area (Å²) in [5.74, 6) is -0.0543. The second-order valence-electron chi connectivity index (χ2n) is 4.84. The van der Waals surface area contributed by atoms with Gasteiger partial charge in [0.1, 0.15) is 9.84 Å². The molecule has 1 aromatic carbocycles. The third-order valence-corrected chi connectivity index (χ3v) is 5.32. The summed E-state index contributed by atoms with van der Waals surface area (Å²) >= 11 is 3.38. The van der Waals surface area contributed by atoms with Crippen LogP contribution in [-0.4, -0.2) is 32.9 Å². The fourth-order valence-electron chi connectivity index (χ4n) is 2.16. The molecule has 1 aromatic rings. The van der Waals surface area contributed by atoms with Gasteiger partial charge in [0.15, 0.2) is 0 Å². The van der Waals surface area contributed by atoms with Gasteiger partial charge in [-0.05, 0) is 30.0 Å². The molecule has 1 unspecified atom stereocenters. The van der Waals surface area contributed by atoms with Gasteiger partial charge in [0, 0.05) is 18.4 Å². The molecule has 1 N–H and O–H groups in total. The predicted molar refractivity (Wildman–Crippen MR) is 78.5 cm³/mol. The number of alkyl halides is 1. The number of carbonyl (C=O) groups excluding carboxylic acids is 1. The van der Waals surface area contributed by atoms with Gasteiger partial charge in [-0.3, -0.25) is 4.79 Å². The minimum Gasteiger partial charge on any atom is -0.352 e. The monoisotopic (exact) mass is 345 g/mol. The third kappa shape index (κ3) is 3.79. The summed E-state index contributed by atoms with van der Waals surface area (Å²) in [7, 11) is -3.06. The minimum atomic E-state index is -3.06. The molecule has 1 atom stereocenters. The first-order chi connectivity index (χ1) is 8.87. The lowest BCUT2D eigenvalue weighted by atomic mass is 10.00. The van der Waals surface area contributed by atoms with E-state index in [4.69, 9.17) is 0 Å². The van der Waals surface area contributed by atoms with Gasteiger partial charge < -0.3 is 5.32 Å². The van der Waals surface area contributed by atoms with Crippen molar-refractivity contribution in [3.8, 4) is 0 Å². The molecule has 0 saturated heterocycles. The normalized spacial score (nSPS) is 17.3. The Kier molecular flexibility index (Phi) is 4.30. The summed E-state index contributed by atoms with van der Waals surface area (Å²) < 4.78 is 22.6. The van der Waals surface area contributed by atoms with E-state index in [0.29, 0.717) is 12.1 Å². The first-order valence-electron chi connectivity index (χ1n) is 6.09. The number of amides is 1. The first-order valence-corrected chi connectivity index (χ1v) is 9.07. The van der Waals surface area contributed by atoms with Crippen LogP contribution in [0.5, 0.6) is 0 Å². The Balaban J connectivity index is 2.32. The van der Waals surface area contributed by atoms with Gasteiger partial charge >= 0.3 is 0 Å². The molecular formula is C13H16BrNO3S. The first kappa shape index (κ1) is 14.5. The lowest BCUT2D eigenvalue weighted by Gasteiger charge is -2.12. The maximum absolute atomic E-state index is 11.9. The Morgan fingerprint density at radius 3 is 2.84 bits per heavy atom. The van der Waals surface area contributed by atoms with Crippen LogP contribution in [0, 0.1) is 0 Å². The van der Waals surface area contributed by atoms with E-state index < -0.39 is 9.84 Å². The molecule has 0 bridgehead atoms. The summed E-state index contributed by atoms with van der Waals surface area (Å²) in [6.07, 6.45) is 3.00. The van der Waals surface area contributed by atoms with E-state index >= 15 is 0 Å². The highest BCUT2D eigenvalue weighted by molar-refractivity contribution is 9.09. The van der Waals surface area contributed by atoms with E-state index in [9.17, 15) is 13.2 Å². The quantitative estimate of drug-likeness (QED) is 0.850. The van der Waals surface area contributed by atoms with Gasteiger partial charge in [0.2, 0.25) is 0 Å². The Hall–Kier alpha value is -0.880. The van der Waals surface area contributed by atoms with Crippen molar-refractivity contribution in [3.63, 3.8) is 0 Å². The number of carbonyl (C=O) groups is 1. The molecule has 4 nitrogen and oxygen atoms in total. The van der Waals surface area contributed by atoms with Crippen LogP contribution in [0.2, 0.25) is 0 Å². The zero-order valence-electron chi connectivity index (χ0n) is 10.6.